The fourth-order valence-corrected chi connectivity index (χ4v) is 11.2. The molecule has 3 saturated carbocycles. The van der Waals surface area contributed by atoms with Gasteiger partial charge in [0.2, 0.25) is 0 Å². The maximum absolute atomic E-state index is 14.3. The third-order valence-corrected chi connectivity index (χ3v) is 13.1. The average molecular weight is 577 g/mol. The highest BCUT2D eigenvalue weighted by atomic mass is 16.6. The van der Waals surface area contributed by atoms with Crippen LogP contribution < -0.4 is 0 Å². The molecule has 0 amide bonds. The number of cyclic esters (lactones) is 1. The number of carbonyl (C=O) groups excluding carboxylic acids is 3. The third-order valence-electron chi connectivity index (χ3n) is 13.1. The zero-order valence-corrected chi connectivity index (χ0v) is 25.6. The quantitative estimate of drug-likeness (QED) is 0.262. The van der Waals surface area contributed by atoms with Crippen molar-refractivity contribution < 1.29 is 43.9 Å². The molecule has 0 aromatic heterocycles. The van der Waals surface area contributed by atoms with Crippen LogP contribution in [0.25, 0.3) is 0 Å². The van der Waals surface area contributed by atoms with Gasteiger partial charge in [-0.05, 0) is 75.5 Å². The van der Waals surface area contributed by atoms with Crippen LogP contribution in [-0.2, 0) is 28.6 Å². The molecule has 0 unspecified atom stereocenters. The van der Waals surface area contributed by atoms with Crippen molar-refractivity contribution in [3.8, 4) is 0 Å². The first kappa shape index (κ1) is 30.5. The van der Waals surface area contributed by atoms with Crippen LogP contribution in [0.5, 0.6) is 0 Å². The summed E-state index contributed by atoms with van der Waals surface area (Å²) >= 11 is 0. The van der Waals surface area contributed by atoms with Crippen LogP contribution >= 0.6 is 0 Å². The van der Waals surface area contributed by atoms with Crippen LogP contribution in [0.2, 0.25) is 0 Å². The van der Waals surface area contributed by atoms with Crippen LogP contribution in [0, 0.1) is 38.9 Å². The van der Waals surface area contributed by atoms with E-state index in [0.717, 1.165) is 5.57 Å². The lowest BCUT2D eigenvalue weighted by Crippen LogP contribution is -2.80. The smallest absolute Gasteiger partial charge is 0.315 e. The number of methoxy groups -OCH3 is 1. The Morgan fingerprint density at radius 2 is 1.83 bits per heavy atom. The second kappa shape index (κ2) is 9.52. The summed E-state index contributed by atoms with van der Waals surface area (Å²) in [6, 6.07) is 0. The third kappa shape index (κ3) is 3.60. The van der Waals surface area contributed by atoms with Gasteiger partial charge in [-0.2, -0.15) is 0 Å². The van der Waals surface area contributed by atoms with Crippen LogP contribution in [0.1, 0.15) is 92.9 Å². The number of hydrogen-bond acceptors (Lipinski definition) is 9. The molecule has 41 heavy (non-hydrogen) atoms. The Morgan fingerprint density at radius 3 is 2.44 bits per heavy atom. The molecule has 0 radical (unpaired) electrons. The molecule has 0 bridgehead atoms. The minimum Gasteiger partial charge on any atom is -0.468 e. The van der Waals surface area contributed by atoms with Gasteiger partial charge in [0.05, 0.1) is 30.3 Å². The van der Waals surface area contributed by atoms with Gasteiger partial charge < -0.3 is 29.5 Å². The van der Waals surface area contributed by atoms with Gasteiger partial charge in [0.15, 0.2) is 0 Å². The fraction of sp³-hybridized carbons (Fsp3) is 0.844. The van der Waals surface area contributed by atoms with Crippen LogP contribution in [0.4, 0.5) is 0 Å². The monoisotopic (exact) mass is 576 g/mol. The number of aliphatic hydroxyl groups is 3. The molecule has 1 saturated heterocycles. The van der Waals surface area contributed by atoms with E-state index in [1.54, 1.807) is 6.92 Å². The molecule has 230 valence electrons. The predicted molar refractivity (Wildman–Crippen MR) is 148 cm³/mol. The van der Waals surface area contributed by atoms with E-state index in [-0.39, 0.29) is 18.9 Å². The molecule has 9 nitrogen and oxygen atoms in total. The first-order valence-corrected chi connectivity index (χ1v) is 15.2. The van der Waals surface area contributed by atoms with Crippen LogP contribution in [-0.4, -0.2) is 70.9 Å². The van der Waals surface area contributed by atoms with E-state index >= 15 is 0 Å². The number of hydrogen-bond donors (Lipinski definition) is 3. The summed E-state index contributed by atoms with van der Waals surface area (Å²) < 4.78 is 17.1. The first-order chi connectivity index (χ1) is 19.0. The van der Waals surface area contributed by atoms with Gasteiger partial charge in [-0.15, -0.1) is 0 Å². The molecule has 3 N–H and O–H groups in total. The predicted octanol–water partition coefficient (Wildman–Crippen LogP) is 3.47. The standard InChI is InChI=1S/C32H48O9/c1-18-10-11-27(4)12-14-29(6)24-23(36)25(41-20(3)34)30(19(2)33)17-40-22(35)9-8-21(30)28(24,5)13-15-31(29,26(37)39-7)32(27,38)16-18/h10,19,21,23-25,33,36,38H,8-9,11-17H2,1-7H3/t19-,21+,23+,24+,25+,27-,28+,29-,30-,31+,32+/m1/s1. The Hall–Kier alpha value is -1.97. The lowest BCUT2D eigenvalue weighted by atomic mass is 9.29. The van der Waals surface area contributed by atoms with Gasteiger partial charge in [-0.3, -0.25) is 14.4 Å². The Balaban J connectivity index is 1.78. The van der Waals surface area contributed by atoms with Crippen LogP contribution in [0.3, 0.4) is 0 Å². The van der Waals surface area contributed by atoms with E-state index in [1.807, 2.05) is 13.8 Å². The summed E-state index contributed by atoms with van der Waals surface area (Å²) in [5.41, 5.74) is -5.22. The highest BCUT2D eigenvalue weighted by Gasteiger charge is 2.82. The van der Waals surface area contributed by atoms with Crippen LogP contribution in [0.15, 0.2) is 11.6 Å². The van der Waals surface area contributed by atoms with E-state index in [0.29, 0.717) is 44.9 Å². The summed E-state index contributed by atoms with van der Waals surface area (Å²) in [5.74, 6) is -2.48. The van der Waals surface area contributed by atoms with Crippen molar-refractivity contribution in [2.75, 3.05) is 13.7 Å². The second-order valence-electron chi connectivity index (χ2n) is 14.7. The van der Waals surface area contributed by atoms with E-state index in [1.165, 1.54) is 14.0 Å². The number of allylic oxidation sites excluding steroid dienone is 1. The van der Waals surface area contributed by atoms with Gasteiger partial charge in [0, 0.05) is 24.7 Å². The van der Waals surface area contributed by atoms with E-state index in [2.05, 4.69) is 19.9 Å². The molecular weight excluding hydrogens is 528 g/mol. The molecule has 5 aliphatic rings. The van der Waals surface area contributed by atoms with Gasteiger partial charge in [0.1, 0.15) is 18.1 Å². The summed E-state index contributed by atoms with van der Waals surface area (Å²) in [4.78, 5) is 39.4. The summed E-state index contributed by atoms with van der Waals surface area (Å²) in [6.45, 7) is 10.8. The zero-order valence-electron chi connectivity index (χ0n) is 25.6. The maximum atomic E-state index is 14.3. The van der Waals surface area contributed by atoms with Crippen molar-refractivity contribution in [3.05, 3.63) is 11.6 Å². The Bertz CT molecular complexity index is 1160. The molecule has 0 spiro atoms. The van der Waals surface area contributed by atoms with Crippen molar-refractivity contribution in [1.29, 1.82) is 0 Å². The Labute approximate surface area is 243 Å². The maximum Gasteiger partial charge on any atom is 0.315 e. The molecule has 0 aromatic carbocycles. The summed E-state index contributed by atoms with van der Waals surface area (Å²) in [7, 11) is 1.36. The number of carbonyl (C=O) groups is 3. The van der Waals surface area contributed by atoms with Crippen molar-refractivity contribution in [3.63, 3.8) is 0 Å². The zero-order chi connectivity index (χ0) is 30.4. The van der Waals surface area contributed by atoms with Crippen molar-refractivity contribution in [2.45, 2.75) is 117 Å². The van der Waals surface area contributed by atoms with Crippen molar-refractivity contribution in [1.82, 2.24) is 0 Å². The first-order valence-electron chi connectivity index (χ1n) is 15.2. The largest absolute Gasteiger partial charge is 0.468 e. The minimum absolute atomic E-state index is 0.134. The number of esters is 3. The van der Waals surface area contributed by atoms with Crippen molar-refractivity contribution in [2.24, 2.45) is 38.9 Å². The van der Waals surface area contributed by atoms with Gasteiger partial charge in [-0.25, -0.2) is 0 Å². The average Bonchev–Trinajstić information content (AvgIpc) is 3.07. The number of aliphatic hydroxyl groups excluding tert-OH is 2. The molecule has 5 rings (SSSR count). The molecular formula is C32H48O9. The normalized spacial score (nSPS) is 49.9. The molecule has 4 aliphatic carbocycles. The summed E-state index contributed by atoms with van der Waals surface area (Å²) in [6.07, 6.45) is 2.03. The minimum atomic E-state index is -1.43. The molecule has 1 aliphatic heterocycles. The lowest BCUT2D eigenvalue weighted by molar-refractivity contribution is -0.339. The van der Waals surface area contributed by atoms with Gasteiger partial charge >= 0.3 is 17.9 Å². The second-order valence-corrected chi connectivity index (χ2v) is 14.7. The van der Waals surface area contributed by atoms with E-state index < -0.39 is 74.8 Å². The molecule has 4 fully saturated rings. The fourth-order valence-electron chi connectivity index (χ4n) is 11.2. The highest BCUT2D eigenvalue weighted by Crippen LogP contribution is 2.78. The summed E-state index contributed by atoms with van der Waals surface area (Å²) in [5, 5.41) is 36.8. The Kier molecular flexibility index (Phi) is 7.08. The molecule has 0 aromatic rings. The Morgan fingerprint density at radius 1 is 1.15 bits per heavy atom. The van der Waals surface area contributed by atoms with E-state index in [9.17, 15) is 29.7 Å². The highest BCUT2D eigenvalue weighted by molar-refractivity contribution is 5.81. The number of fused-ring (bicyclic) bond motifs is 7. The lowest BCUT2D eigenvalue weighted by Gasteiger charge is -2.75. The molecule has 1 heterocycles. The van der Waals surface area contributed by atoms with Crippen molar-refractivity contribution >= 4 is 17.9 Å². The SMILES string of the molecule is COC(=O)[C@@]12CC[C@@]3(C)[C@@H]4CCC(=O)OC[C@]4([C@@H](C)O)[C@@H](OC(C)=O)[C@@H](O)[C@@H]3[C@@]1(C)CC[C@@]1(C)CC=C(C)C[C@]12O. The topological polar surface area (TPSA) is 140 Å². The van der Waals surface area contributed by atoms with Gasteiger partial charge in [-0.1, -0.05) is 32.4 Å². The van der Waals surface area contributed by atoms with Gasteiger partial charge in [0.25, 0.3) is 0 Å². The molecule has 11 atom stereocenters. The number of rotatable bonds is 3. The number of ether oxygens (including phenoxy) is 3. The van der Waals surface area contributed by atoms with E-state index in [4.69, 9.17) is 14.2 Å². The molecule has 9 heteroatoms.